The fraction of sp³-hybridized carbons (Fsp3) is 0.714. The zero-order valence-electron chi connectivity index (χ0n) is 11.8. The molecule has 1 aliphatic carbocycles. The number of carbonyl (C=O) groups excluding carboxylic acids is 1. The first-order chi connectivity index (χ1) is 9.08. The molecule has 0 spiro atoms. The molecule has 0 aliphatic heterocycles. The Labute approximate surface area is 119 Å². The molecular weight excluding hydrogens is 258 g/mol. The Morgan fingerprint density at radius 3 is 2.89 bits per heavy atom. The summed E-state index contributed by atoms with van der Waals surface area (Å²) in [7, 11) is 1.86. The number of thiazole rings is 1. The van der Waals surface area contributed by atoms with E-state index in [4.69, 9.17) is 5.73 Å². The Balaban J connectivity index is 1.97. The van der Waals surface area contributed by atoms with E-state index in [1.165, 1.54) is 6.42 Å². The van der Waals surface area contributed by atoms with Crippen molar-refractivity contribution in [1.82, 2.24) is 9.88 Å². The first kappa shape index (κ1) is 14.5. The molecule has 1 saturated carbocycles. The van der Waals surface area contributed by atoms with E-state index < -0.39 is 0 Å². The Morgan fingerprint density at radius 2 is 2.21 bits per heavy atom. The van der Waals surface area contributed by atoms with Crippen LogP contribution in [0.3, 0.4) is 0 Å². The lowest BCUT2D eigenvalue weighted by atomic mass is 9.94. The minimum Gasteiger partial charge on any atom is -0.340 e. The van der Waals surface area contributed by atoms with E-state index in [1.54, 1.807) is 16.2 Å². The fourth-order valence-corrected chi connectivity index (χ4v) is 3.33. The van der Waals surface area contributed by atoms with Gasteiger partial charge in [0.2, 0.25) is 5.91 Å². The van der Waals surface area contributed by atoms with Crippen molar-refractivity contribution in [1.29, 1.82) is 0 Å². The van der Waals surface area contributed by atoms with Crippen molar-refractivity contribution in [3.63, 3.8) is 0 Å². The second-order valence-corrected chi connectivity index (χ2v) is 6.52. The summed E-state index contributed by atoms with van der Waals surface area (Å²) in [5, 5.41) is 3.06. The molecule has 5 heteroatoms. The molecule has 1 amide bonds. The van der Waals surface area contributed by atoms with E-state index in [0.29, 0.717) is 6.54 Å². The van der Waals surface area contributed by atoms with Gasteiger partial charge in [-0.25, -0.2) is 4.98 Å². The molecule has 2 rings (SSSR count). The van der Waals surface area contributed by atoms with Crippen LogP contribution in [-0.4, -0.2) is 28.9 Å². The monoisotopic (exact) mass is 281 g/mol. The van der Waals surface area contributed by atoms with Gasteiger partial charge in [-0.1, -0.05) is 19.3 Å². The van der Waals surface area contributed by atoms with Crippen LogP contribution in [0.5, 0.6) is 0 Å². The van der Waals surface area contributed by atoms with Gasteiger partial charge in [0.15, 0.2) is 0 Å². The number of aryl methyl sites for hydroxylation is 1. The highest BCUT2D eigenvalue weighted by molar-refractivity contribution is 7.09. The smallest absolute Gasteiger partial charge is 0.227 e. The molecule has 1 heterocycles. The third-order valence-corrected chi connectivity index (χ3v) is 4.65. The van der Waals surface area contributed by atoms with Crippen LogP contribution in [0.2, 0.25) is 0 Å². The fourth-order valence-electron chi connectivity index (χ4n) is 2.73. The van der Waals surface area contributed by atoms with Gasteiger partial charge in [0.25, 0.3) is 0 Å². The maximum absolute atomic E-state index is 12.5. The summed E-state index contributed by atoms with van der Waals surface area (Å²) in [6, 6.07) is 0.0228. The van der Waals surface area contributed by atoms with Crippen LogP contribution in [0.15, 0.2) is 5.38 Å². The maximum Gasteiger partial charge on any atom is 0.227 e. The largest absolute Gasteiger partial charge is 0.340 e. The Kier molecular flexibility index (Phi) is 4.93. The number of carbonyl (C=O) groups is 1. The van der Waals surface area contributed by atoms with E-state index in [9.17, 15) is 4.79 Å². The second-order valence-electron chi connectivity index (χ2n) is 5.46. The highest BCUT2D eigenvalue weighted by Crippen LogP contribution is 2.24. The average Bonchev–Trinajstić information content (AvgIpc) is 2.66. The van der Waals surface area contributed by atoms with Crippen LogP contribution in [0.25, 0.3) is 0 Å². The molecule has 1 fully saturated rings. The predicted octanol–water partition coefficient (Wildman–Crippen LogP) is 2.32. The summed E-state index contributed by atoms with van der Waals surface area (Å²) in [5.74, 6) is 0.173. The average molecular weight is 281 g/mol. The van der Waals surface area contributed by atoms with Gasteiger partial charge in [-0.05, 0) is 19.8 Å². The van der Waals surface area contributed by atoms with Crippen molar-refractivity contribution in [3.8, 4) is 0 Å². The van der Waals surface area contributed by atoms with Crippen molar-refractivity contribution in [2.24, 2.45) is 11.7 Å². The molecule has 0 bridgehead atoms. The zero-order valence-corrected chi connectivity index (χ0v) is 12.6. The molecule has 2 unspecified atom stereocenters. The molecule has 1 aliphatic rings. The second kappa shape index (κ2) is 6.48. The van der Waals surface area contributed by atoms with Crippen molar-refractivity contribution < 1.29 is 4.79 Å². The number of nitrogens with two attached hydrogens (primary N) is 1. The van der Waals surface area contributed by atoms with Gasteiger partial charge in [0, 0.05) is 18.5 Å². The van der Waals surface area contributed by atoms with E-state index in [-0.39, 0.29) is 17.9 Å². The number of aromatic nitrogens is 1. The van der Waals surface area contributed by atoms with E-state index >= 15 is 0 Å². The third-order valence-electron chi connectivity index (χ3n) is 3.83. The number of hydrogen-bond acceptors (Lipinski definition) is 4. The van der Waals surface area contributed by atoms with Gasteiger partial charge in [-0.3, -0.25) is 4.79 Å². The van der Waals surface area contributed by atoms with Crippen LogP contribution in [-0.2, 0) is 11.3 Å². The lowest BCUT2D eigenvalue weighted by molar-refractivity contribution is -0.135. The third kappa shape index (κ3) is 3.76. The molecular formula is C14H23N3OS. The summed E-state index contributed by atoms with van der Waals surface area (Å²) in [4.78, 5) is 18.7. The summed E-state index contributed by atoms with van der Waals surface area (Å²) >= 11 is 1.62. The van der Waals surface area contributed by atoms with Crippen LogP contribution < -0.4 is 5.73 Å². The standard InChI is InChI=1S/C14H23N3OS/c1-10-16-11(9-19-10)8-17(2)14(18)12-6-4-3-5-7-13(12)15/h9,12-13H,3-8,15H2,1-2H3. The summed E-state index contributed by atoms with van der Waals surface area (Å²) < 4.78 is 0. The number of amides is 1. The Bertz CT molecular complexity index is 432. The molecule has 0 aromatic carbocycles. The highest BCUT2D eigenvalue weighted by Gasteiger charge is 2.29. The minimum atomic E-state index is -0.00719. The number of hydrogen-bond donors (Lipinski definition) is 1. The predicted molar refractivity (Wildman–Crippen MR) is 77.9 cm³/mol. The summed E-state index contributed by atoms with van der Waals surface area (Å²) in [6.45, 7) is 2.57. The quantitative estimate of drug-likeness (QED) is 0.865. The normalized spacial score (nSPS) is 23.9. The molecule has 2 atom stereocenters. The van der Waals surface area contributed by atoms with Crippen molar-refractivity contribution >= 4 is 17.2 Å². The molecule has 0 saturated heterocycles. The van der Waals surface area contributed by atoms with Crippen LogP contribution >= 0.6 is 11.3 Å². The molecule has 4 nitrogen and oxygen atoms in total. The van der Waals surface area contributed by atoms with Gasteiger partial charge in [-0.15, -0.1) is 11.3 Å². The first-order valence-corrected chi connectivity index (χ1v) is 7.87. The SMILES string of the molecule is Cc1nc(CN(C)C(=O)C2CCCCCC2N)cs1. The lowest BCUT2D eigenvalue weighted by Gasteiger charge is -2.26. The van der Waals surface area contributed by atoms with Gasteiger partial charge in [0.05, 0.1) is 23.2 Å². The van der Waals surface area contributed by atoms with E-state index in [1.807, 2.05) is 19.4 Å². The van der Waals surface area contributed by atoms with Gasteiger partial charge >= 0.3 is 0 Å². The molecule has 1 aromatic heterocycles. The van der Waals surface area contributed by atoms with Crippen LogP contribution in [0, 0.1) is 12.8 Å². The molecule has 1 aromatic rings. The minimum absolute atomic E-state index is 0.00719. The topological polar surface area (TPSA) is 59.2 Å². The lowest BCUT2D eigenvalue weighted by Crippen LogP contribution is -2.42. The van der Waals surface area contributed by atoms with Crippen LogP contribution in [0.4, 0.5) is 0 Å². The molecule has 0 radical (unpaired) electrons. The van der Waals surface area contributed by atoms with Crippen molar-refractivity contribution in [2.45, 2.75) is 51.6 Å². The van der Waals surface area contributed by atoms with Gasteiger partial charge < -0.3 is 10.6 Å². The molecule has 2 N–H and O–H groups in total. The number of rotatable bonds is 3. The zero-order chi connectivity index (χ0) is 13.8. The van der Waals surface area contributed by atoms with Crippen molar-refractivity contribution in [2.75, 3.05) is 7.05 Å². The maximum atomic E-state index is 12.5. The summed E-state index contributed by atoms with van der Waals surface area (Å²) in [5.41, 5.74) is 7.13. The number of nitrogens with zero attached hydrogens (tertiary/aromatic N) is 2. The molecule has 19 heavy (non-hydrogen) atoms. The Morgan fingerprint density at radius 1 is 1.47 bits per heavy atom. The first-order valence-electron chi connectivity index (χ1n) is 6.99. The highest BCUT2D eigenvalue weighted by atomic mass is 32.1. The summed E-state index contributed by atoms with van der Waals surface area (Å²) in [6.07, 6.45) is 5.38. The van der Waals surface area contributed by atoms with Crippen LogP contribution in [0.1, 0.15) is 42.8 Å². The molecule has 106 valence electrons. The Hall–Kier alpha value is -0.940. The van der Waals surface area contributed by atoms with Gasteiger partial charge in [-0.2, -0.15) is 0 Å². The van der Waals surface area contributed by atoms with E-state index in [0.717, 1.165) is 36.4 Å². The van der Waals surface area contributed by atoms with Gasteiger partial charge in [0.1, 0.15) is 0 Å². The van der Waals surface area contributed by atoms with Crippen molar-refractivity contribution in [3.05, 3.63) is 16.1 Å². The van der Waals surface area contributed by atoms with E-state index in [2.05, 4.69) is 4.98 Å².